The highest BCUT2D eigenvalue weighted by molar-refractivity contribution is 8.06. The fraction of sp³-hybridized carbons (Fsp3) is 0.538. The number of hydrogen-bond acceptors (Lipinski definition) is 1. The standard InChI is InChI=1S/C8H14S.C3H8.C2H2/c1-5-8(6-2)9-7(3)4;1-3-2;1-2/h5H,3,6H2,1-2,4H3;3H2,1-2H3;1-2H/b8-5-;;. The van der Waals surface area contributed by atoms with Gasteiger partial charge in [-0.05, 0) is 30.1 Å². The largest absolute Gasteiger partial charge is 0.124 e. The molecule has 0 fully saturated rings. The van der Waals surface area contributed by atoms with Gasteiger partial charge in [0.15, 0.2) is 0 Å². The van der Waals surface area contributed by atoms with Gasteiger partial charge in [-0.25, -0.2) is 0 Å². The minimum absolute atomic E-state index is 1.12. The lowest BCUT2D eigenvalue weighted by Gasteiger charge is -2.00. The molecule has 0 aliphatic rings. The first kappa shape index (κ1) is 19.0. The maximum absolute atomic E-state index is 4.00. The van der Waals surface area contributed by atoms with E-state index in [9.17, 15) is 0 Å². The molecule has 82 valence electrons. The Morgan fingerprint density at radius 2 is 1.64 bits per heavy atom. The maximum Gasteiger partial charge on any atom is -0.0151 e. The van der Waals surface area contributed by atoms with Crippen molar-refractivity contribution in [1.29, 1.82) is 0 Å². The smallest absolute Gasteiger partial charge is 0.0151 e. The second-order valence-corrected chi connectivity index (χ2v) is 4.05. The van der Waals surface area contributed by atoms with Gasteiger partial charge in [0, 0.05) is 0 Å². The zero-order valence-corrected chi connectivity index (χ0v) is 11.1. The summed E-state index contributed by atoms with van der Waals surface area (Å²) < 4.78 is 0. The van der Waals surface area contributed by atoms with Crippen LogP contribution in [0.1, 0.15) is 47.5 Å². The molecule has 1 heteroatoms. The molecule has 0 saturated heterocycles. The van der Waals surface area contributed by atoms with Crippen LogP contribution in [0.2, 0.25) is 0 Å². The van der Waals surface area contributed by atoms with Crippen LogP contribution in [0, 0.1) is 12.8 Å². The monoisotopic (exact) mass is 212 g/mol. The van der Waals surface area contributed by atoms with E-state index in [2.05, 4.69) is 53.2 Å². The molecule has 0 aromatic heterocycles. The molecule has 0 rings (SSSR count). The summed E-state index contributed by atoms with van der Waals surface area (Å²) in [7, 11) is 0. The fourth-order valence-electron chi connectivity index (χ4n) is 0.559. The minimum Gasteiger partial charge on any atom is -0.124 e. The third-order valence-corrected chi connectivity index (χ3v) is 2.11. The van der Waals surface area contributed by atoms with Gasteiger partial charge >= 0.3 is 0 Å². The van der Waals surface area contributed by atoms with Gasteiger partial charge in [-0.1, -0.05) is 39.8 Å². The Morgan fingerprint density at radius 3 is 1.71 bits per heavy atom. The van der Waals surface area contributed by atoms with Gasteiger partial charge in [-0.3, -0.25) is 0 Å². The summed E-state index contributed by atoms with van der Waals surface area (Å²) in [6.07, 6.45) is 12.5. The third-order valence-electron chi connectivity index (χ3n) is 0.976. The Bertz CT molecular complexity index is 163. The van der Waals surface area contributed by atoms with E-state index in [1.165, 1.54) is 16.2 Å². The molecule has 0 unspecified atom stereocenters. The maximum atomic E-state index is 4.00. The van der Waals surface area contributed by atoms with Crippen LogP contribution in [-0.2, 0) is 0 Å². The van der Waals surface area contributed by atoms with Crippen molar-refractivity contribution in [2.45, 2.75) is 47.5 Å². The second kappa shape index (κ2) is 18.2. The molecule has 0 radical (unpaired) electrons. The van der Waals surface area contributed by atoms with Crippen molar-refractivity contribution < 1.29 is 0 Å². The van der Waals surface area contributed by atoms with Crippen LogP contribution in [0.25, 0.3) is 0 Å². The molecule has 0 atom stereocenters. The van der Waals surface area contributed by atoms with Gasteiger partial charge in [-0.2, -0.15) is 0 Å². The molecule has 14 heavy (non-hydrogen) atoms. The van der Waals surface area contributed by atoms with E-state index in [0.29, 0.717) is 0 Å². The van der Waals surface area contributed by atoms with Gasteiger partial charge in [0.25, 0.3) is 0 Å². The first-order chi connectivity index (χ1) is 6.62. The van der Waals surface area contributed by atoms with Crippen molar-refractivity contribution in [3.8, 4) is 12.8 Å². The molecule has 0 saturated carbocycles. The van der Waals surface area contributed by atoms with Gasteiger partial charge < -0.3 is 0 Å². The molecule has 0 aromatic carbocycles. The van der Waals surface area contributed by atoms with Crippen LogP contribution in [0.5, 0.6) is 0 Å². The topological polar surface area (TPSA) is 0 Å². The van der Waals surface area contributed by atoms with Gasteiger partial charge in [0.2, 0.25) is 0 Å². The van der Waals surface area contributed by atoms with Gasteiger partial charge in [0.1, 0.15) is 0 Å². The molecule has 0 aliphatic carbocycles. The Kier molecular flexibility index (Phi) is 24.8. The third kappa shape index (κ3) is 22.5. The Balaban J connectivity index is -0.000000205. The molecule has 0 aliphatic heterocycles. The average molecular weight is 212 g/mol. The van der Waals surface area contributed by atoms with Gasteiger partial charge in [0.05, 0.1) is 0 Å². The summed E-state index contributed by atoms with van der Waals surface area (Å²) >= 11 is 1.77. The molecule has 0 heterocycles. The lowest BCUT2D eigenvalue weighted by molar-refractivity contribution is 1.09. The number of allylic oxidation sites excluding steroid dienone is 3. The predicted octanol–water partition coefficient (Wildman–Crippen LogP) is 5.23. The zero-order valence-electron chi connectivity index (χ0n) is 10.3. The number of rotatable bonds is 3. The van der Waals surface area contributed by atoms with E-state index in [-0.39, 0.29) is 0 Å². The van der Waals surface area contributed by atoms with Crippen molar-refractivity contribution in [2.24, 2.45) is 0 Å². The Labute approximate surface area is 94.9 Å². The summed E-state index contributed by atoms with van der Waals surface area (Å²) in [6, 6.07) is 0. The molecule has 0 spiro atoms. The Morgan fingerprint density at radius 1 is 1.29 bits per heavy atom. The first-order valence-corrected chi connectivity index (χ1v) is 5.75. The van der Waals surface area contributed by atoms with Crippen LogP contribution in [0.4, 0.5) is 0 Å². The van der Waals surface area contributed by atoms with E-state index in [4.69, 9.17) is 0 Å². The van der Waals surface area contributed by atoms with Crippen molar-refractivity contribution >= 4 is 11.8 Å². The van der Waals surface area contributed by atoms with Crippen LogP contribution < -0.4 is 0 Å². The van der Waals surface area contributed by atoms with Crippen LogP contribution in [0.15, 0.2) is 22.5 Å². The number of thioether (sulfide) groups is 1. The number of hydrogen-bond donors (Lipinski definition) is 0. The zero-order chi connectivity index (χ0) is 12.0. The van der Waals surface area contributed by atoms with Crippen LogP contribution in [0.3, 0.4) is 0 Å². The lowest BCUT2D eigenvalue weighted by Crippen LogP contribution is -1.70. The highest BCUT2D eigenvalue weighted by atomic mass is 32.2. The predicted molar refractivity (Wildman–Crippen MR) is 72.3 cm³/mol. The van der Waals surface area contributed by atoms with Crippen molar-refractivity contribution in [3.63, 3.8) is 0 Å². The van der Waals surface area contributed by atoms with Crippen molar-refractivity contribution in [3.05, 3.63) is 22.5 Å². The molecule has 0 aromatic rings. The van der Waals surface area contributed by atoms with Gasteiger partial charge in [-0.15, -0.1) is 24.6 Å². The number of terminal acetylenes is 1. The van der Waals surface area contributed by atoms with E-state index < -0.39 is 0 Å². The SMILES string of the molecule is C#C.C=C(C)S/C(=C\C)CC.CCC. The molecule has 0 bridgehead atoms. The van der Waals surface area contributed by atoms with E-state index >= 15 is 0 Å². The molecular weight excluding hydrogens is 188 g/mol. The second-order valence-electron chi connectivity index (χ2n) is 2.62. The van der Waals surface area contributed by atoms with Crippen molar-refractivity contribution in [2.75, 3.05) is 0 Å². The highest BCUT2D eigenvalue weighted by Crippen LogP contribution is 2.25. The Hall–Kier alpha value is -0.610. The fourth-order valence-corrected chi connectivity index (χ4v) is 1.27. The first-order valence-electron chi connectivity index (χ1n) is 4.94. The quantitative estimate of drug-likeness (QED) is 0.577. The molecule has 0 N–H and O–H groups in total. The van der Waals surface area contributed by atoms with Crippen LogP contribution in [-0.4, -0.2) is 0 Å². The normalized spacial score (nSPS) is 8.93. The highest BCUT2D eigenvalue weighted by Gasteiger charge is 1.91. The molecular formula is C13H24S. The summed E-state index contributed by atoms with van der Waals surface area (Å²) in [5.41, 5.74) is 0. The lowest BCUT2D eigenvalue weighted by atomic mass is 10.4. The summed E-state index contributed by atoms with van der Waals surface area (Å²) in [6.45, 7) is 14.3. The summed E-state index contributed by atoms with van der Waals surface area (Å²) in [5.74, 6) is 0. The van der Waals surface area contributed by atoms with E-state index in [0.717, 1.165) is 6.42 Å². The van der Waals surface area contributed by atoms with Crippen molar-refractivity contribution in [1.82, 2.24) is 0 Å². The van der Waals surface area contributed by atoms with Crippen LogP contribution >= 0.6 is 11.8 Å². The summed E-state index contributed by atoms with van der Waals surface area (Å²) in [4.78, 5) is 2.58. The average Bonchev–Trinajstić information content (AvgIpc) is 2.18. The van der Waals surface area contributed by atoms with E-state index in [1.807, 2.05) is 6.92 Å². The minimum atomic E-state index is 1.12. The molecule has 0 nitrogen and oxygen atoms in total. The summed E-state index contributed by atoms with van der Waals surface area (Å²) in [5, 5.41) is 0. The molecule has 0 amide bonds. The van der Waals surface area contributed by atoms with E-state index in [1.54, 1.807) is 11.8 Å².